The zero-order valence-electron chi connectivity index (χ0n) is 11.2. The maximum Gasteiger partial charge on any atom is -0.0229 e. The molecule has 1 saturated carbocycles. The van der Waals surface area contributed by atoms with Crippen LogP contribution in [-0.2, 0) is 0 Å². The number of rotatable bonds is 4. The van der Waals surface area contributed by atoms with Crippen LogP contribution in [0.3, 0.4) is 0 Å². The lowest BCUT2D eigenvalue weighted by Crippen LogP contribution is -2.05. The summed E-state index contributed by atoms with van der Waals surface area (Å²) in [6, 6.07) is 0. The molecule has 16 heavy (non-hydrogen) atoms. The van der Waals surface area contributed by atoms with Gasteiger partial charge in [0.05, 0.1) is 0 Å². The highest BCUT2D eigenvalue weighted by molar-refractivity contribution is 5.31. The van der Waals surface area contributed by atoms with E-state index in [9.17, 15) is 0 Å². The van der Waals surface area contributed by atoms with Crippen molar-refractivity contribution in [2.24, 2.45) is 5.92 Å². The summed E-state index contributed by atoms with van der Waals surface area (Å²) in [6.07, 6.45) is 12.5. The molecule has 0 aromatic heterocycles. The Labute approximate surface area is 101 Å². The van der Waals surface area contributed by atoms with E-state index >= 15 is 0 Å². The molecule has 0 radical (unpaired) electrons. The van der Waals surface area contributed by atoms with E-state index < -0.39 is 0 Å². The molecule has 1 rings (SSSR count). The minimum atomic E-state index is 0.790. The highest BCUT2D eigenvalue weighted by Crippen LogP contribution is 2.29. The van der Waals surface area contributed by atoms with Crippen molar-refractivity contribution in [2.45, 2.75) is 59.3 Å². The summed E-state index contributed by atoms with van der Waals surface area (Å²) in [5, 5.41) is 0. The van der Waals surface area contributed by atoms with Crippen molar-refractivity contribution in [1.82, 2.24) is 0 Å². The Morgan fingerprint density at radius 3 is 2.75 bits per heavy atom. The molecule has 1 aliphatic carbocycles. The van der Waals surface area contributed by atoms with Crippen molar-refractivity contribution in [1.29, 1.82) is 0 Å². The van der Waals surface area contributed by atoms with Gasteiger partial charge in [0.15, 0.2) is 0 Å². The molecule has 0 saturated heterocycles. The zero-order valence-corrected chi connectivity index (χ0v) is 11.2. The van der Waals surface area contributed by atoms with E-state index in [1.807, 2.05) is 0 Å². The summed E-state index contributed by atoms with van der Waals surface area (Å²) in [5.74, 6) is 0.790. The first-order valence-electron chi connectivity index (χ1n) is 6.70. The fraction of sp³-hybridized carbons (Fsp3) is 0.625. The van der Waals surface area contributed by atoms with E-state index in [0.717, 1.165) is 12.3 Å². The molecule has 0 aliphatic heterocycles. The molecule has 1 fully saturated rings. The molecule has 1 unspecified atom stereocenters. The summed E-state index contributed by atoms with van der Waals surface area (Å²) in [5.41, 5.74) is 4.29. The zero-order chi connectivity index (χ0) is 12.0. The minimum absolute atomic E-state index is 0.790. The smallest absolute Gasteiger partial charge is 0.0229 e. The van der Waals surface area contributed by atoms with Crippen molar-refractivity contribution in [3.8, 4) is 0 Å². The summed E-state index contributed by atoms with van der Waals surface area (Å²) in [6.45, 7) is 10.8. The Morgan fingerprint density at radius 2 is 2.19 bits per heavy atom. The van der Waals surface area contributed by atoms with Gasteiger partial charge in [0.2, 0.25) is 0 Å². The molecule has 0 amide bonds. The molecule has 0 heterocycles. The third-order valence-corrected chi connectivity index (χ3v) is 3.55. The van der Waals surface area contributed by atoms with Crippen LogP contribution in [0.2, 0.25) is 0 Å². The SMILES string of the molecule is C=C(C)/C(=C\C=C1/CCCCC1C)CCC. The average molecular weight is 218 g/mol. The Balaban J connectivity index is 2.72. The molecule has 0 nitrogen and oxygen atoms in total. The normalized spacial score (nSPS) is 24.8. The van der Waals surface area contributed by atoms with Crippen LogP contribution in [0, 0.1) is 5.92 Å². The maximum absolute atomic E-state index is 4.06. The molecule has 90 valence electrons. The van der Waals surface area contributed by atoms with Crippen molar-refractivity contribution in [3.05, 3.63) is 35.5 Å². The van der Waals surface area contributed by atoms with E-state index in [-0.39, 0.29) is 0 Å². The van der Waals surface area contributed by atoms with Gasteiger partial charge >= 0.3 is 0 Å². The molecule has 0 spiro atoms. The topological polar surface area (TPSA) is 0 Å². The molecule has 0 bridgehead atoms. The van der Waals surface area contributed by atoms with E-state index in [4.69, 9.17) is 0 Å². The van der Waals surface area contributed by atoms with Crippen molar-refractivity contribution in [3.63, 3.8) is 0 Å². The van der Waals surface area contributed by atoms with Crippen molar-refractivity contribution < 1.29 is 0 Å². The second-order valence-corrected chi connectivity index (χ2v) is 5.11. The standard InChI is InChI=1S/C16H26/c1-5-8-15(13(2)3)11-12-16-10-7-6-9-14(16)4/h11-12,14H,2,5-10H2,1,3-4H3/b15-11-,16-12+. The van der Waals surface area contributed by atoms with Crippen LogP contribution in [-0.4, -0.2) is 0 Å². The van der Waals surface area contributed by atoms with E-state index in [2.05, 4.69) is 39.5 Å². The van der Waals surface area contributed by atoms with Gasteiger partial charge in [-0.2, -0.15) is 0 Å². The summed E-state index contributed by atoms with van der Waals surface area (Å²) in [4.78, 5) is 0. The van der Waals surface area contributed by atoms with Gasteiger partial charge in [-0.05, 0) is 44.1 Å². The summed E-state index contributed by atoms with van der Waals surface area (Å²) >= 11 is 0. The molecule has 0 aromatic rings. The van der Waals surface area contributed by atoms with Gasteiger partial charge in [-0.15, -0.1) is 0 Å². The highest BCUT2D eigenvalue weighted by Gasteiger charge is 2.12. The van der Waals surface area contributed by atoms with Crippen LogP contribution >= 0.6 is 0 Å². The predicted molar refractivity (Wildman–Crippen MR) is 73.5 cm³/mol. The molecule has 0 aromatic carbocycles. The third-order valence-electron chi connectivity index (χ3n) is 3.55. The van der Waals surface area contributed by atoms with Crippen LogP contribution in [0.25, 0.3) is 0 Å². The summed E-state index contributed by atoms with van der Waals surface area (Å²) in [7, 11) is 0. The van der Waals surface area contributed by atoms with Gasteiger partial charge in [-0.25, -0.2) is 0 Å². The lowest BCUT2D eigenvalue weighted by atomic mass is 9.85. The second kappa shape index (κ2) is 6.73. The average Bonchev–Trinajstić information content (AvgIpc) is 2.26. The van der Waals surface area contributed by atoms with E-state index in [0.29, 0.717) is 0 Å². The third kappa shape index (κ3) is 4.00. The van der Waals surface area contributed by atoms with E-state index in [1.54, 1.807) is 5.57 Å². The Morgan fingerprint density at radius 1 is 1.44 bits per heavy atom. The van der Waals surface area contributed by atoms with Crippen LogP contribution in [0.4, 0.5) is 0 Å². The van der Waals surface area contributed by atoms with Gasteiger partial charge in [0.1, 0.15) is 0 Å². The molecular formula is C16H26. The first-order valence-corrected chi connectivity index (χ1v) is 6.70. The van der Waals surface area contributed by atoms with Gasteiger partial charge in [-0.1, -0.05) is 56.6 Å². The Bertz CT molecular complexity index is 291. The van der Waals surface area contributed by atoms with Crippen molar-refractivity contribution in [2.75, 3.05) is 0 Å². The fourth-order valence-electron chi connectivity index (χ4n) is 2.37. The summed E-state index contributed by atoms with van der Waals surface area (Å²) < 4.78 is 0. The fourth-order valence-corrected chi connectivity index (χ4v) is 2.37. The van der Waals surface area contributed by atoms with Crippen LogP contribution in [0.5, 0.6) is 0 Å². The first kappa shape index (κ1) is 13.3. The molecule has 1 atom stereocenters. The Hall–Kier alpha value is -0.780. The predicted octanol–water partition coefficient (Wildman–Crippen LogP) is 5.43. The van der Waals surface area contributed by atoms with Gasteiger partial charge < -0.3 is 0 Å². The lowest BCUT2D eigenvalue weighted by molar-refractivity contribution is 0.484. The monoisotopic (exact) mass is 218 g/mol. The molecule has 1 aliphatic rings. The second-order valence-electron chi connectivity index (χ2n) is 5.11. The number of hydrogen-bond acceptors (Lipinski definition) is 0. The van der Waals surface area contributed by atoms with Crippen LogP contribution in [0.15, 0.2) is 35.5 Å². The largest absolute Gasteiger partial charge is 0.0958 e. The lowest BCUT2D eigenvalue weighted by Gasteiger charge is -2.21. The molecule has 0 N–H and O–H groups in total. The Kier molecular flexibility index (Phi) is 5.59. The quantitative estimate of drug-likeness (QED) is 0.552. The van der Waals surface area contributed by atoms with Crippen molar-refractivity contribution >= 4 is 0 Å². The highest BCUT2D eigenvalue weighted by atomic mass is 14.2. The molecular weight excluding hydrogens is 192 g/mol. The van der Waals surface area contributed by atoms with Gasteiger partial charge in [0.25, 0.3) is 0 Å². The minimum Gasteiger partial charge on any atom is -0.0958 e. The van der Waals surface area contributed by atoms with Gasteiger partial charge in [0, 0.05) is 0 Å². The number of hydrogen-bond donors (Lipinski definition) is 0. The van der Waals surface area contributed by atoms with Gasteiger partial charge in [-0.3, -0.25) is 0 Å². The van der Waals surface area contributed by atoms with Crippen LogP contribution < -0.4 is 0 Å². The van der Waals surface area contributed by atoms with Crippen LogP contribution in [0.1, 0.15) is 59.3 Å². The van der Waals surface area contributed by atoms with E-state index in [1.165, 1.54) is 43.3 Å². The molecule has 0 heteroatoms. The first-order chi connectivity index (χ1) is 7.65. The maximum atomic E-state index is 4.06. The number of allylic oxidation sites excluding steroid dienone is 5.